The van der Waals surface area contributed by atoms with E-state index in [1.54, 1.807) is 18.3 Å². The van der Waals surface area contributed by atoms with E-state index in [1.165, 1.54) is 11.8 Å². The standard InChI is InChI=1S/C17H21Cl2N5OS/c1-17(21)3-6-24(7-4-17)15-10(20)8-13(23-11(15)9-25)26-12-2-5-22-16(19)14(12)18/h2,5,8,25H,3-4,6-7,9,21H2,1H3,(H2,20,23). The number of hydrogen-bond donors (Lipinski definition) is 3. The number of hydrogen-bond acceptors (Lipinski definition) is 7. The molecule has 0 aliphatic carbocycles. The van der Waals surface area contributed by atoms with Crippen molar-refractivity contribution in [2.24, 2.45) is 5.73 Å². The fourth-order valence-corrected chi connectivity index (χ4v) is 4.27. The van der Waals surface area contributed by atoms with Crippen LogP contribution in [0.2, 0.25) is 10.2 Å². The molecule has 26 heavy (non-hydrogen) atoms. The van der Waals surface area contributed by atoms with Crippen LogP contribution in [0.3, 0.4) is 0 Å². The molecule has 0 aromatic carbocycles. The number of nitrogens with two attached hydrogens (primary N) is 2. The number of aliphatic hydroxyl groups is 1. The summed E-state index contributed by atoms with van der Waals surface area (Å²) in [5, 5.41) is 11.1. The Hall–Kier alpha value is -1.25. The van der Waals surface area contributed by atoms with E-state index in [0.717, 1.165) is 36.5 Å². The molecule has 2 aromatic rings. The molecule has 0 saturated carbocycles. The summed E-state index contributed by atoms with van der Waals surface area (Å²) in [7, 11) is 0. The quantitative estimate of drug-likeness (QED) is 0.660. The predicted octanol–water partition coefficient (Wildman–Crippen LogP) is 3.33. The minimum Gasteiger partial charge on any atom is -0.397 e. The number of halogens is 2. The summed E-state index contributed by atoms with van der Waals surface area (Å²) in [6.45, 7) is 3.42. The van der Waals surface area contributed by atoms with Crippen LogP contribution in [0.5, 0.6) is 0 Å². The zero-order valence-electron chi connectivity index (χ0n) is 14.4. The monoisotopic (exact) mass is 413 g/mol. The van der Waals surface area contributed by atoms with Gasteiger partial charge in [0.2, 0.25) is 0 Å². The van der Waals surface area contributed by atoms with Crippen LogP contribution >= 0.6 is 35.0 Å². The highest BCUT2D eigenvalue weighted by Crippen LogP contribution is 2.39. The Morgan fingerprint density at radius 3 is 2.69 bits per heavy atom. The van der Waals surface area contributed by atoms with Crippen molar-refractivity contribution in [1.29, 1.82) is 0 Å². The van der Waals surface area contributed by atoms with Crippen molar-refractivity contribution in [3.63, 3.8) is 0 Å². The molecule has 5 N–H and O–H groups in total. The molecule has 6 nitrogen and oxygen atoms in total. The largest absolute Gasteiger partial charge is 0.397 e. The van der Waals surface area contributed by atoms with Gasteiger partial charge in [-0.1, -0.05) is 35.0 Å². The van der Waals surface area contributed by atoms with Gasteiger partial charge in [-0.3, -0.25) is 0 Å². The van der Waals surface area contributed by atoms with Crippen molar-refractivity contribution in [2.75, 3.05) is 23.7 Å². The molecule has 0 bridgehead atoms. The second kappa shape index (κ2) is 7.78. The van der Waals surface area contributed by atoms with E-state index in [9.17, 15) is 5.11 Å². The molecule has 9 heteroatoms. The zero-order chi connectivity index (χ0) is 18.9. The minimum atomic E-state index is -0.199. The maximum atomic E-state index is 9.83. The smallest absolute Gasteiger partial charge is 0.148 e. The van der Waals surface area contributed by atoms with Crippen LogP contribution in [-0.4, -0.2) is 33.7 Å². The summed E-state index contributed by atoms with van der Waals surface area (Å²) in [4.78, 5) is 11.4. The lowest BCUT2D eigenvalue weighted by Gasteiger charge is -2.39. The lowest BCUT2D eigenvalue weighted by Crippen LogP contribution is -2.48. The van der Waals surface area contributed by atoms with E-state index < -0.39 is 0 Å². The van der Waals surface area contributed by atoms with Gasteiger partial charge in [0.1, 0.15) is 10.2 Å². The molecule has 3 rings (SSSR count). The van der Waals surface area contributed by atoms with Crippen molar-refractivity contribution >= 4 is 46.3 Å². The van der Waals surface area contributed by atoms with Crippen molar-refractivity contribution in [1.82, 2.24) is 9.97 Å². The lowest BCUT2D eigenvalue weighted by atomic mass is 9.90. The third-order valence-electron chi connectivity index (χ3n) is 4.47. The second-order valence-electron chi connectivity index (χ2n) is 6.66. The van der Waals surface area contributed by atoms with Crippen molar-refractivity contribution in [2.45, 2.75) is 41.8 Å². The minimum absolute atomic E-state index is 0.161. The SMILES string of the molecule is CC1(N)CCN(c2c(N)cc(Sc3ccnc(Cl)c3Cl)nc2CO)CC1. The van der Waals surface area contributed by atoms with Gasteiger partial charge in [-0.2, -0.15) is 0 Å². The Balaban J connectivity index is 1.89. The third-order valence-corrected chi connectivity index (χ3v) is 6.32. The van der Waals surface area contributed by atoms with Gasteiger partial charge in [0.05, 0.1) is 28.7 Å². The van der Waals surface area contributed by atoms with Crippen LogP contribution in [0, 0.1) is 0 Å². The van der Waals surface area contributed by atoms with Gasteiger partial charge in [0.15, 0.2) is 0 Å². The van der Waals surface area contributed by atoms with Gasteiger partial charge in [-0.25, -0.2) is 9.97 Å². The first-order valence-corrected chi connectivity index (χ1v) is 9.80. The Bertz CT molecular complexity index is 808. The molecular weight excluding hydrogens is 393 g/mol. The highest BCUT2D eigenvalue weighted by molar-refractivity contribution is 7.99. The first-order chi connectivity index (χ1) is 12.3. The van der Waals surface area contributed by atoms with Crippen molar-refractivity contribution in [3.8, 4) is 0 Å². The fourth-order valence-electron chi connectivity index (χ4n) is 2.95. The van der Waals surface area contributed by atoms with Gasteiger partial charge >= 0.3 is 0 Å². The Morgan fingerprint density at radius 2 is 2.04 bits per heavy atom. The predicted molar refractivity (Wildman–Crippen MR) is 107 cm³/mol. The van der Waals surface area contributed by atoms with Gasteiger partial charge < -0.3 is 21.5 Å². The highest BCUT2D eigenvalue weighted by Gasteiger charge is 2.28. The molecule has 1 fully saturated rings. The average Bonchev–Trinajstić information content (AvgIpc) is 2.59. The summed E-state index contributed by atoms with van der Waals surface area (Å²) < 4.78 is 0. The van der Waals surface area contributed by atoms with Gasteiger partial charge in [0, 0.05) is 29.7 Å². The van der Waals surface area contributed by atoms with Crippen LogP contribution < -0.4 is 16.4 Å². The molecule has 0 unspecified atom stereocenters. The number of piperidine rings is 1. The number of rotatable bonds is 4. The Labute approximate surface area is 166 Å². The number of nitrogen functional groups attached to an aromatic ring is 1. The van der Waals surface area contributed by atoms with Crippen LogP contribution in [0.15, 0.2) is 28.3 Å². The van der Waals surface area contributed by atoms with E-state index in [1.807, 2.05) is 0 Å². The van der Waals surface area contributed by atoms with E-state index >= 15 is 0 Å². The number of anilines is 2. The molecule has 2 aromatic heterocycles. The molecule has 0 atom stereocenters. The summed E-state index contributed by atoms with van der Waals surface area (Å²) in [6, 6.07) is 3.55. The number of pyridine rings is 2. The highest BCUT2D eigenvalue weighted by atomic mass is 35.5. The first-order valence-electron chi connectivity index (χ1n) is 8.22. The fraction of sp³-hybridized carbons (Fsp3) is 0.412. The zero-order valence-corrected chi connectivity index (χ0v) is 16.7. The average molecular weight is 414 g/mol. The molecule has 3 heterocycles. The van der Waals surface area contributed by atoms with Crippen LogP contribution in [0.25, 0.3) is 0 Å². The van der Waals surface area contributed by atoms with E-state index in [2.05, 4.69) is 21.8 Å². The summed E-state index contributed by atoms with van der Waals surface area (Å²) in [5.74, 6) is 0. The molecule has 1 aliphatic rings. The van der Waals surface area contributed by atoms with E-state index in [4.69, 9.17) is 34.7 Å². The lowest BCUT2D eigenvalue weighted by molar-refractivity contribution is 0.275. The Morgan fingerprint density at radius 1 is 1.35 bits per heavy atom. The molecule has 140 valence electrons. The summed E-state index contributed by atoms with van der Waals surface area (Å²) >= 11 is 13.5. The second-order valence-corrected chi connectivity index (χ2v) is 8.46. The van der Waals surface area contributed by atoms with E-state index in [-0.39, 0.29) is 17.3 Å². The maximum Gasteiger partial charge on any atom is 0.148 e. The third kappa shape index (κ3) is 4.18. The molecule has 1 aliphatic heterocycles. The van der Waals surface area contributed by atoms with Gasteiger partial charge in [0.25, 0.3) is 0 Å². The van der Waals surface area contributed by atoms with Crippen LogP contribution in [-0.2, 0) is 6.61 Å². The van der Waals surface area contributed by atoms with E-state index in [0.29, 0.717) is 21.4 Å². The summed E-state index contributed by atoms with van der Waals surface area (Å²) in [5.41, 5.74) is 14.3. The molecule has 0 radical (unpaired) electrons. The summed E-state index contributed by atoms with van der Waals surface area (Å²) in [6.07, 6.45) is 3.30. The maximum absolute atomic E-state index is 9.83. The topological polar surface area (TPSA) is 101 Å². The van der Waals surface area contributed by atoms with Crippen LogP contribution in [0.1, 0.15) is 25.5 Å². The number of nitrogens with zero attached hydrogens (tertiary/aromatic N) is 3. The number of aromatic nitrogens is 2. The van der Waals surface area contributed by atoms with Gasteiger partial charge in [-0.05, 0) is 31.9 Å². The van der Waals surface area contributed by atoms with Gasteiger partial charge in [-0.15, -0.1) is 0 Å². The first kappa shape index (κ1) is 19.5. The van der Waals surface area contributed by atoms with Crippen molar-refractivity contribution in [3.05, 3.63) is 34.2 Å². The van der Waals surface area contributed by atoms with Crippen molar-refractivity contribution < 1.29 is 5.11 Å². The van der Waals surface area contributed by atoms with Crippen LogP contribution in [0.4, 0.5) is 11.4 Å². The Kier molecular flexibility index (Phi) is 5.84. The number of aliphatic hydroxyl groups excluding tert-OH is 1. The molecular formula is C17H21Cl2N5OS. The molecule has 1 saturated heterocycles. The molecule has 0 spiro atoms. The normalized spacial score (nSPS) is 16.7. The molecule has 0 amide bonds.